The lowest BCUT2D eigenvalue weighted by molar-refractivity contribution is 0.417. The summed E-state index contributed by atoms with van der Waals surface area (Å²) in [4.78, 5) is 5.12. The first kappa shape index (κ1) is 18.2. The molecular formula is C18H32N4S. The van der Waals surface area contributed by atoms with E-state index in [1.165, 1.54) is 81.4 Å². The van der Waals surface area contributed by atoms with E-state index in [1.807, 2.05) is 0 Å². The highest BCUT2D eigenvalue weighted by Gasteiger charge is 2.26. The first-order chi connectivity index (χ1) is 11.0. The number of hydrogen-bond acceptors (Lipinski definition) is 2. The van der Waals surface area contributed by atoms with Gasteiger partial charge in [-0.15, -0.1) is 0 Å². The Bertz CT molecular complexity index is 469. The zero-order valence-corrected chi connectivity index (χ0v) is 15.5. The second-order valence-corrected chi connectivity index (χ2v) is 7.54. The van der Waals surface area contributed by atoms with Gasteiger partial charge in [0.25, 0.3) is 0 Å². The summed E-state index contributed by atoms with van der Waals surface area (Å²) in [6, 6.07) is 0. The van der Waals surface area contributed by atoms with E-state index in [1.54, 1.807) is 0 Å². The highest BCUT2D eigenvalue weighted by Crippen LogP contribution is 2.37. The van der Waals surface area contributed by atoms with Gasteiger partial charge in [0.1, 0.15) is 5.82 Å². The Morgan fingerprint density at radius 3 is 1.87 bits per heavy atom. The van der Waals surface area contributed by atoms with Crippen LogP contribution in [0.5, 0.6) is 0 Å². The summed E-state index contributed by atoms with van der Waals surface area (Å²) in [7, 11) is 2.23. The van der Waals surface area contributed by atoms with E-state index in [0.717, 1.165) is 11.8 Å². The summed E-state index contributed by atoms with van der Waals surface area (Å²) in [6.45, 7) is 2.28. The van der Waals surface area contributed by atoms with Crippen LogP contribution >= 0.6 is 12.2 Å². The third-order valence-corrected chi connectivity index (χ3v) is 5.41. The van der Waals surface area contributed by atoms with Gasteiger partial charge in [-0.3, -0.25) is 0 Å². The van der Waals surface area contributed by atoms with E-state index in [4.69, 9.17) is 4.98 Å². The van der Waals surface area contributed by atoms with Gasteiger partial charge in [-0.05, 0) is 44.8 Å². The molecule has 2 saturated carbocycles. The molecule has 0 bridgehead atoms. The van der Waals surface area contributed by atoms with Crippen molar-refractivity contribution in [1.82, 2.24) is 9.55 Å². The Morgan fingerprint density at radius 1 is 0.957 bits per heavy atom. The largest absolute Gasteiger partial charge is 0.377 e. The van der Waals surface area contributed by atoms with Crippen molar-refractivity contribution in [2.75, 3.05) is 0 Å². The fourth-order valence-corrected chi connectivity index (χ4v) is 4.11. The summed E-state index contributed by atoms with van der Waals surface area (Å²) >= 11 is 4.09. The van der Waals surface area contributed by atoms with Crippen molar-refractivity contribution >= 4 is 17.3 Å². The van der Waals surface area contributed by atoms with Crippen LogP contribution in [0.3, 0.4) is 0 Å². The molecule has 0 atom stereocenters. The zero-order valence-electron chi connectivity index (χ0n) is 14.7. The molecule has 0 saturated heterocycles. The van der Waals surface area contributed by atoms with Crippen molar-refractivity contribution in [3.05, 3.63) is 17.2 Å². The zero-order chi connectivity index (χ0) is 16.8. The second kappa shape index (κ2) is 8.67. The molecule has 2 aliphatic carbocycles. The number of imidazole rings is 1. The second-order valence-electron chi connectivity index (χ2n) is 7.07. The van der Waals surface area contributed by atoms with Crippen LogP contribution in [-0.4, -0.2) is 14.7 Å². The van der Waals surface area contributed by atoms with Gasteiger partial charge in [-0.1, -0.05) is 38.5 Å². The highest BCUT2D eigenvalue weighted by atomic mass is 32.1. The maximum Gasteiger partial charge on any atom is 0.160 e. The standard InChI is InChI=1S/C17H28N2.CH4N2S/c1-13-16(14-9-5-3-6-10-14)18-17(19(13)2)15-11-7-4-8-12-15;2-1(3)4/h14-15H,3-12H2,1-2H3;(H4,2,3,4). The van der Waals surface area contributed by atoms with E-state index < -0.39 is 0 Å². The molecule has 4 N–H and O–H groups in total. The SMILES string of the molecule is Cc1c(C2CCCCC2)nc(C2CCCCC2)n1C.NC(N)=S. The fourth-order valence-electron chi connectivity index (χ4n) is 4.11. The third kappa shape index (κ3) is 4.93. The van der Waals surface area contributed by atoms with Crippen LogP contribution in [0.4, 0.5) is 0 Å². The van der Waals surface area contributed by atoms with E-state index >= 15 is 0 Å². The van der Waals surface area contributed by atoms with Crippen molar-refractivity contribution in [2.24, 2.45) is 18.5 Å². The smallest absolute Gasteiger partial charge is 0.160 e. The predicted octanol–water partition coefficient (Wildman–Crippen LogP) is 4.01. The van der Waals surface area contributed by atoms with Crippen molar-refractivity contribution < 1.29 is 0 Å². The lowest BCUT2D eigenvalue weighted by Crippen LogP contribution is -2.18. The molecule has 0 radical (unpaired) electrons. The van der Waals surface area contributed by atoms with Gasteiger partial charge in [0.2, 0.25) is 0 Å². The van der Waals surface area contributed by atoms with Crippen molar-refractivity contribution in [3.8, 4) is 0 Å². The summed E-state index contributed by atoms with van der Waals surface area (Å²) in [5, 5.41) is 0.000000000000000222. The first-order valence-electron chi connectivity index (χ1n) is 9.08. The van der Waals surface area contributed by atoms with E-state index in [-0.39, 0.29) is 5.11 Å². The lowest BCUT2D eigenvalue weighted by atomic mass is 9.86. The molecule has 0 amide bonds. The molecule has 5 heteroatoms. The minimum atomic E-state index is 0.000000000000000222. The van der Waals surface area contributed by atoms with Crippen LogP contribution < -0.4 is 11.5 Å². The molecule has 0 aromatic carbocycles. The normalized spacial score (nSPS) is 19.9. The topological polar surface area (TPSA) is 69.9 Å². The Balaban J connectivity index is 0.000000433. The lowest BCUT2D eigenvalue weighted by Gasteiger charge is -2.21. The molecule has 0 unspecified atom stereocenters. The van der Waals surface area contributed by atoms with E-state index in [0.29, 0.717) is 0 Å². The molecule has 1 heterocycles. The van der Waals surface area contributed by atoms with Gasteiger partial charge in [0.05, 0.1) is 5.69 Å². The van der Waals surface area contributed by atoms with Gasteiger partial charge < -0.3 is 16.0 Å². The molecule has 3 rings (SSSR count). The number of thiocarbonyl (C=S) groups is 1. The number of aromatic nitrogens is 2. The Hall–Kier alpha value is -1.10. The number of nitrogens with two attached hydrogens (primary N) is 2. The molecule has 0 spiro atoms. The summed E-state index contributed by atoms with van der Waals surface area (Å²) in [5.74, 6) is 2.87. The molecule has 4 nitrogen and oxygen atoms in total. The number of rotatable bonds is 2. The van der Waals surface area contributed by atoms with Crippen molar-refractivity contribution in [2.45, 2.75) is 83.0 Å². The Kier molecular flexibility index (Phi) is 6.88. The molecule has 130 valence electrons. The van der Waals surface area contributed by atoms with Crippen LogP contribution in [0.25, 0.3) is 0 Å². The molecular weight excluding hydrogens is 304 g/mol. The van der Waals surface area contributed by atoms with Crippen LogP contribution in [-0.2, 0) is 7.05 Å². The van der Waals surface area contributed by atoms with Gasteiger partial charge in [-0.25, -0.2) is 4.98 Å². The summed E-state index contributed by atoms with van der Waals surface area (Å²) in [6.07, 6.45) is 13.9. The average molecular weight is 337 g/mol. The van der Waals surface area contributed by atoms with Crippen LogP contribution in [0, 0.1) is 6.92 Å². The van der Waals surface area contributed by atoms with E-state index in [2.05, 4.69) is 42.2 Å². The molecule has 0 aliphatic heterocycles. The molecule has 2 fully saturated rings. The number of hydrogen-bond donors (Lipinski definition) is 2. The van der Waals surface area contributed by atoms with Gasteiger partial charge in [0.15, 0.2) is 5.11 Å². The summed E-state index contributed by atoms with van der Waals surface area (Å²) in [5.41, 5.74) is 12.1. The van der Waals surface area contributed by atoms with Crippen LogP contribution in [0.1, 0.15) is 93.3 Å². The Labute approximate surface area is 146 Å². The third-order valence-electron chi connectivity index (χ3n) is 5.41. The molecule has 1 aromatic heterocycles. The number of nitrogens with zero attached hydrogens (tertiary/aromatic N) is 2. The maximum absolute atomic E-state index is 5.12. The average Bonchev–Trinajstić information content (AvgIpc) is 2.85. The maximum atomic E-state index is 5.12. The fraction of sp³-hybridized carbons (Fsp3) is 0.778. The highest BCUT2D eigenvalue weighted by molar-refractivity contribution is 7.80. The molecule has 2 aliphatic rings. The quantitative estimate of drug-likeness (QED) is 0.801. The summed E-state index contributed by atoms with van der Waals surface area (Å²) < 4.78 is 2.40. The van der Waals surface area contributed by atoms with E-state index in [9.17, 15) is 0 Å². The van der Waals surface area contributed by atoms with Crippen LogP contribution in [0.15, 0.2) is 0 Å². The van der Waals surface area contributed by atoms with Crippen molar-refractivity contribution in [1.29, 1.82) is 0 Å². The minimum Gasteiger partial charge on any atom is -0.377 e. The predicted molar refractivity (Wildman–Crippen MR) is 101 cm³/mol. The van der Waals surface area contributed by atoms with Crippen molar-refractivity contribution in [3.63, 3.8) is 0 Å². The van der Waals surface area contributed by atoms with Crippen LogP contribution in [0.2, 0.25) is 0 Å². The first-order valence-corrected chi connectivity index (χ1v) is 9.49. The minimum absolute atomic E-state index is 0.000000000000000222. The molecule has 1 aromatic rings. The molecule has 23 heavy (non-hydrogen) atoms. The monoisotopic (exact) mass is 336 g/mol. The Morgan fingerprint density at radius 2 is 1.39 bits per heavy atom. The van der Waals surface area contributed by atoms with Gasteiger partial charge in [-0.2, -0.15) is 0 Å². The van der Waals surface area contributed by atoms with Gasteiger partial charge in [0, 0.05) is 24.6 Å². The van der Waals surface area contributed by atoms with Gasteiger partial charge >= 0.3 is 0 Å².